The molecule has 0 fully saturated rings. The Morgan fingerprint density at radius 2 is 1.95 bits per heavy atom. The van der Waals surface area contributed by atoms with Crippen LogP contribution < -0.4 is 11.1 Å². The first kappa shape index (κ1) is 15.2. The van der Waals surface area contributed by atoms with E-state index in [1.54, 1.807) is 12.1 Å². The molecule has 5 heteroatoms. The van der Waals surface area contributed by atoms with E-state index in [0.717, 1.165) is 23.7 Å². The Morgan fingerprint density at radius 3 is 2.62 bits per heavy atom. The van der Waals surface area contributed by atoms with Crippen LogP contribution in [0.15, 0.2) is 42.5 Å². The molecule has 2 aromatic rings. The Bertz CT molecular complexity index is 627. The fourth-order valence-corrected chi connectivity index (χ4v) is 2.08. The predicted octanol–water partition coefficient (Wildman–Crippen LogP) is 3.36. The minimum atomic E-state index is -0.436. The number of ether oxygens (including phenoxy) is 1. The van der Waals surface area contributed by atoms with Crippen molar-refractivity contribution in [3.05, 3.63) is 58.6 Å². The molecule has 2 rings (SSSR count). The van der Waals surface area contributed by atoms with Crippen LogP contribution in [0.2, 0.25) is 5.02 Å². The number of nitrogens with two attached hydrogens (primary N) is 1. The number of rotatable bonds is 5. The number of hydrogen-bond acceptors (Lipinski definition) is 4. The summed E-state index contributed by atoms with van der Waals surface area (Å²) >= 11 is 5.85. The Hall–Kier alpha value is -2.20. The molecule has 0 aliphatic rings. The van der Waals surface area contributed by atoms with Crippen molar-refractivity contribution in [3.8, 4) is 0 Å². The lowest BCUT2D eigenvalue weighted by molar-refractivity contribution is 0.0602. The maximum atomic E-state index is 11.6. The van der Waals surface area contributed by atoms with Crippen molar-refractivity contribution >= 4 is 28.9 Å². The summed E-state index contributed by atoms with van der Waals surface area (Å²) in [7, 11) is 1.34. The molecule has 110 valence electrons. The highest BCUT2D eigenvalue weighted by molar-refractivity contribution is 6.30. The van der Waals surface area contributed by atoms with Gasteiger partial charge in [-0.3, -0.25) is 0 Å². The third kappa shape index (κ3) is 4.13. The van der Waals surface area contributed by atoms with Crippen LogP contribution in [0, 0.1) is 0 Å². The predicted molar refractivity (Wildman–Crippen MR) is 85.8 cm³/mol. The van der Waals surface area contributed by atoms with Gasteiger partial charge in [0.05, 0.1) is 12.7 Å². The Balaban J connectivity index is 1.97. The molecular formula is C16H17ClN2O2. The van der Waals surface area contributed by atoms with Gasteiger partial charge in [-0.15, -0.1) is 0 Å². The SMILES string of the molecule is COC(=O)c1cc(NCCc2ccc(Cl)cc2)ccc1N. The molecule has 0 unspecified atom stereocenters. The summed E-state index contributed by atoms with van der Waals surface area (Å²) in [6, 6.07) is 13.0. The van der Waals surface area contributed by atoms with Crippen molar-refractivity contribution < 1.29 is 9.53 Å². The van der Waals surface area contributed by atoms with E-state index in [2.05, 4.69) is 5.32 Å². The Labute approximate surface area is 128 Å². The molecule has 0 atom stereocenters. The van der Waals surface area contributed by atoms with Gasteiger partial charge in [0, 0.05) is 22.9 Å². The van der Waals surface area contributed by atoms with Gasteiger partial charge in [0.15, 0.2) is 0 Å². The van der Waals surface area contributed by atoms with Crippen molar-refractivity contribution in [1.29, 1.82) is 0 Å². The fourth-order valence-electron chi connectivity index (χ4n) is 1.96. The second-order valence-electron chi connectivity index (χ2n) is 4.60. The molecule has 0 amide bonds. The van der Waals surface area contributed by atoms with E-state index < -0.39 is 5.97 Å². The van der Waals surface area contributed by atoms with Gasteiger partial charge in [0.25, 0.3) is 0 Å². The standard InChI is InChI=1S/C16H17ClN2O2/c1-21-16(20)14-10-13(6-7-15(14)18)19-9-8-11-2-4-12(17)5-3-11/h2-7,10,19H,8-9,18H2,1H3. The molecule has 3 N–H and O–H groups in total. The van der Waals surface area contributed by atoms with Crippen molar-refractivity contribution in [2.24, 2.45) is 0 Å². The zero-order chi connectivity index (χ0) is 15.2. The van der Waals surface area contributed by atoms with Gasteiger partial charge in [-0.1, -0.05) is 23.7 Å². The Kier molecular flexibility index (Phi) is 5.06. The topological polar surface area (TPSA) is 64.3 Å². The number of anilines is 2. The summed E-state index contributed by atoms with van der Waals surface area (Å²) in [6.45, 7) is 0.742. The third-order valence-electron chi connectivity index (χ3n) is 3.11. The average molecular weight is 305 g/mol. The number of benzene rings is 2. The van der Waals surface area contributed by atoms with Crippen LogP contribution in [-0.4, -0.2) is 19.6 Å². The normalized spacial score (nSPS) is 10.2. The van der Waals surface area contributed by atoms with E-state index in [0.29, 0.717) is 11.3 Å². The van der Waals surface area contributed by atoms with Gasteiger partial charge >= 0.3 is 5.97 Å². The minimum absolute atomic E-state index is 0.369. The van der Waals surface area contributed by atoms with E-state index in [1.165, 1.54) is 12.7 Å². The van der Waals surface area contributed by atoms with Gasteiger partial charge < -0.3 is 15.8 Å². The van der Waals surface area contributed by atoms with Crippen molar-refractivity contribution in [2.45, 2.75) is 6.42 Å². The summed E-state index contributed by atoms with van der Waals surface area (Å²) in [5.74, 6) is -0.436. The van der Waals surface area contributed by atoms with Crippen LogP contribution in [-0.2, 0) is 11.2 Å². The molecule has 2 aromatic carbocycles. The number of nitrogen functional groups attached to an aromatic ring is 1. The molecule has 0 saturated carbocycles. The highest BCUT2D eigenvalue weighted by Gasteiger charge is 2.10. The van der Waals surface area contributed by atoms with Crippen LogP contribution in [0.25, 0.3) is 0 Å². The van der Waals surface area contributed by atoms with Gasteiger partial charge in [-0.25, -0.2) is 4.79 Å². The fraction of sp³-hybridized carbons (Fsp3) is 0.188. The van der Waals surface area contributed by atoms with E-state index in [4.69, 9.17) is 22.1 Å². The highest BCUT2D eigenvalue weighted by Crippen LogP contribution is 2.19. The van der Waals surface area contributed by atoms with Crippen molar-refractivity contribution in [3.63, 3.8) is 0 Å². The average Bonchev–Trinajstić information content (AvgIpc) is 2.50. The molecule has 0 radical (unpaired) electrons. The van der Waals surface area contributed by atoms with Gasteiger partial charge in [0.1, 0.15) is 0 Å². The van der Waals surface area contributed by atoms with Crippen LogP contribution in [0.1, 0.15) is 15.9 Å². The van der Waals surface area contributed by atoms with Crippen molar-refractivity contribution in [1.82, 2.24) is 0 Å². The zero-order valence-corrected chi connectivity index (χ0v) is 12.5. The van der Waals surface area contributed by atoms with E-state index in [9.17, 15) is 4.79 Å². The first-order valence-electron chi connectivity index (χ1n) is 6.56. The summed E-state index contributed by atoms with van der Waals surface area (Å²) < 4.78 is 4.70. The lowest BCUT2D eigenvalue weighted by Crippen LogP contribution is -2.09. The van der Waals surface area contributed by atoms with Crippen LogP contribution in [0.4, 0.5) is 11.4 Å². The number of hydrogen-bond donors (Lipinski definition) is 2. The smallest absolute Gasteiger partial charge is 0.340 e. The van der Waals surface area contributed by atoms with E-state index >= 15 is 0 Å². The molecular weight excluding hydrogens is 288 g/mol. The number of carbonyl (C=O) groups is 1. The van der Waals surface area contributed by atoms with Crippen LogP contribution in [0.3, 0.4) is 0 Å². The molecule has 21 heavy (non-hydrogen) atoms. The molecule has 0 aliphatic heterocycles. The first-order valence-corrected chi connectivity index (χ1v) is 6.94. The number of carbonyl (C=O) groups excluding carboxylic acids is 1. The second kappa shape index (κ2) is 6.99. The summed E-state index contributed by atoms with van der Waals surface area (Å²) in [5, 5.41) is 3.99. The number of methoxy groups -OCH3 is 1. The highest BCUT2D eigenvalue weighted by atomic mass is 35.5. The molecule has 0 aliphatic carbocycles. The van der Waals surface area contributed by atoms with Crippen LogP contribution in [0.5, 0.6) is 0 Å². The lowest BCUT2D eigenvalue weighted by Gasteiger charge is -2.10. The number of esters is 1. The second-order valence-corrected chi connectivity index (χ2v) is 5.03. The molecule has 0 aromatic heterocycles. The summed E-state index contributed by atoms with van der Waals surface area (Å²) in [6.07, 6.45) is 0.856. The summed E-state index contributed by atoms with van der Waals surface area (Å²) in [4.78, 5) is 11.6. The van der Waals surface area contributed by atoms with Crippen molar-refractivity contribution in [2.75, 3.05) is 24.7 Å². The third-order valence-corrected chi connectivity index (χ3v) is 3.37. The van der Waals surface area contributed by atoms with Crippen LogP contribution >= 0.6 is 11.6 Å². The zero-order valence-electron chi connectivity index (χ0n) is 11.7. The molecule has 0 heterocycles. The molecule has 4 nitrogen and oxygen atoms in total. The number of halogens is 1. The summed E-state index contributed by atoms with van der Waals surface area (Å²) in [5.41, 5.74) is 8.56. The number of nitrogens with one attached hydrogen (secondary N) is 1. The minimum Gasteiger partial charge on any atom is -0.465 e. The first-order chi connectivity index (χ1) is 10.1. The molecule has 0 spiro atoms. The largest absolute Gasteiger partial charge is 0.465 e. The maximum Gasteiger partial charge on any atom is 0.340 e. The monoisotopic (exact) mass is 304 g/mol. The lowest BCUT2D eigenvalue weighted by atomic mass is 10.1. The maximum absolute atomic E-state index is 11.6. The van der Waals surface area contributed by atoms with E-state index in [-0.39, 0.29) is 0 Å². The van der Waals surface area contributed by atoms with E-state index in [1.807, 2.05) is 30.3 Å². The quantitative estimate of drug-likeness (QED) is 0.656. The molecule has 0 bridgehead atoms. The molecule has 0 saturated heterocycles. The Morgan fingerprint density at radius 1 is 1.24 bits per heavy atom. The van der Waals surface area contributed by atoms with Gasteiger partial charge in [0.2, 0.25) is 0 Å². The van der Waals surface area contributed by atoms with Gasteiger partial charge in [-0.2, -0.15) is 0 Å². The van der Waals surface area contributed by atoms with Gasteiger partial charge in [-0.05, 0) is 42.3 Å².